The van der Waals surface area contributed by atoms with Crippen LogP contribution in [0.15, 0.2) is 42.6 Å². The van der Waals surface area contributed by atoms with Crippen LogP contribution in [0, 0.1) is 5.82 Å². The van der Waals surface area contributed by atoms with Gasteiger partial charge >= 0.3 is 0 Å². The van der Waals surface area contributed by atoms with Crippen LogP contribution in [-0.4, -0.2) is 61.2 Å². The number of benzene rings is 2. The molecule has 7 nitrogen and oxygen atoms in total. The summed E-state index contributed by atoms with van der Waals surface area (Å²) in [6.07, 6.45) is 1.91. The van der Waals surface area contributed by atoms with Gasteiger partial charge in [0.1, 0.15) is 16.6 Å². The van der Waals surface area contributed by atoms with Crippen molar-refractivity contribution in [1.82, 2.24) is 14.9 Å². The van der Waals surface area contributed by atoms with E-state index in [0.717, 1.165) is 43.3 Å². The van der Waals surface area contributed by atoms with Crippen molar-refractivity contribution in [3.63, 3.8) is 0 Å². The second kappa shape index (κ2) is 11.7. The van der Waals surface area contributed by atoms with Gasteiger partial charge in [0.2, 0.25) is 5.95 Å². The normalized spacial score (nSPS) is 14.1. The van der Waals surface area contributed by atoms with Gasteiger partial charge in [-0.3, -0.25) is 0 Å². The Morgan fingerprint density at radius 3 is 2.63 bits per heavy atom. The molecule has 0 spiro atoms. The molecule has 1 saturated heterocycles. The monoisotopic (exact) mass is 518 g/mol. The summed E-state index contributed by atoms with van der Waals surface area (Å²) >= 11 is 12.4. The van der Waals surface area contributed by atoms with Crippen LogP contribution in [0.1, 0.15) is 12.5 Å². The number of nitrogens with zero attached hydrogens (tertiary/aromatic N) is 4. The van der Waals surface area contributed by atoms with Gasteiger partial charge < -0.3 is 25.2 Å². The average Bonchev–Trinajstić information content (AvgIpc) is 2.84. The minimum atomic E-state index is -0.334. The molecule has 0 saturated carbocycles. The highest BCUT2D eigenvalue weighted by Gasteiger charge is 2.17. The number of likely N-dealkylation sites (N-methyl/N-ethyl adjacent to an activating group) is 1. The predicted molar refractivity (Wildman–Crippen MR) is 141 cm³/mol. The number of aromatic nitrogens is 2. The van der Waals surface area contributed by atoms with Crippen LogP contribution >= 0.6 is 23.2 Å². The summed E-state index contributed by atoms with van der Waals surface area (Å²) in [5.41, 5.74) is 2.33. The van der Waals surface area contributed by atoms with E-state index in [1.165, 1.54) is 12.3 Å². The van der Waals surface area contributed by atoms with Crippen molar-refractivity contribution in [3.05, 3.63) is 64.0 Å². The van der Waals surface area contributed by atoms with E-state index in [0.29, 0.717) is 46.9 Å². The zero-order valence-electron chi connectivity index (χ0n) is 19.8. The molecular formula is C25H29Cl2FN6O. The predicted octanol–water partition coefficient (Wildman–Crippen LogP) is 5.47. The van der Waals surface area contributed by atoms with Gasteiger partial charge in [0.05, 0.1) is 18.5 Å². The van der Waals surface area contributed by atoms with Crippen LogP contribution < -0.4 is 20.3 Å². The lowest BCUT2D eigenvalue weighted by Crippen LogP contribution is -2.44. The molecule has 10 heteroatoms. The zero-order chi connectivity index (χ0) is 24.8. The Morgan fingerprint density at radius 1 is 1.09 bits per heavy atom. The molecule has 4 rings (SSSR count). The smallest absolute Gasteiger partial charge is 0.229 e. The third-order valence-corrected chi connectivity index (χ3v) is 6.48. The first-order valence-electron chi connectivity index (χ1n) is 11.6. The molecule has 3 aromatic rings. The van der Waals surface area contributed by atoms with E-state index in [1.807, 2.05) is 19.1 Å². The van der Waals surface area contributed by atoms with E-state index in [1.54, 1.807) is 12.1 Å². The molecular weight excluding hydrogens is 490 g/mol. The van der Waals surface area contributed by atoms with Crippen molar-refractivity contribution in [2.24, 2.45) is 0 Å². The van der Waals surface area contributed by atoms with Crippen LogP contribution in [0.5, 0.6) is 5.75 Å². The first kappa shape index (κ1) is 25.3. The Balaban J connectivity index is 1.46. The van der Waals surface area contributed by atoms with E-state index in [-0.39, 0.29) is 5.82 Å². The number of ether oxygens (including phenoxy) is 1. The van der Waals surface area contributed by atoms with Gasteiger partial charge in [-0.2, -0.15) is 4.98 Å². The van der Waals surface area contributed by atoms with Crippen LogP contribution in [-0.2, 0) is 6.42 Å². The molecule has 2 aromatic carbocycles. The van der Waals surface area contributed by atoms with Crippen LogP contribution in [0.3, 0.4) is 0 Å². The SMILES string of the molecule is CCOc1cc(N2CCN(C)CC2)ccc1Nc1ncc(Cl)c(NCCc2c(F)cccc2Cl)n1. The fourth-order valence-electron chi connectivity index (χ4n) is 3.90. The highest BCUT2D eigenvalue weighted by molar-refractivity contribution is 6.32. The van der Waals surface area contributed by atoms with Crippen molar-refractivity contribution >= 4 is 46.3 Å². The van der Waals surface area contributed by atoms with Gasteiger partial charge in [0.15, 0.2) is 5.82 Å². The minimum Gasteiger partial charge on any atom is -0.492 e. The van der Waals surface area contributed by atoms with Gasteiger partial charge in [-0.15, -0.1) is 0 Å². The minimum absolute atomic E-state index is 0.334. The zero-order valence-corrected chi connectivity index (χ0v) is 21.3. The molecule has 0 atom stereocenters. The van der Waals surface area contributed by atoms with Crippen molar-refractivity contribution in [1.29, 1.82) is 0 Å². The fourth-order valence-corrected chi connectivity index (χ4v) is 4.31. The van der Waals surface area contributed by atoms with Crippen LogP contribution in [0.4, 0.5) is 27.5 Å². The number of anilines is 4. The number of halogens is 3. The van der Waals surface area contributed by atoms with Crippen LogP contribution in [0.2, 0.25) is 10.0 Å². The highest BCUT2D eigenvalue weighted by Crippen LogP contribution is 2.33. The lowest BCUT2D eigenvalue weighted by molar-refractivity contribution is 0.312. The van der Waals surface area contributed by atoms with Crippen molar-refractivity contribution in [2.45, 2.75) is 13.3 Å². The topological polar surface area (TPSA) is 65.6 Å². The third kappa shape index (κ3) is 6.45. The second-order valence-electron chi connectivity index (χ2n) is 8.30. The fraction of sp³-hybridized carbons (Fsp3) is 0.360. The second-order valence-corrected chi connectivity index (χ2v) is 9.11. The van der Waals surface area contributed by atoms with Crippen molar-refractivity contribution in [2.75, 3.05) is 61.9 Å². The average molecular weight is 519 g/mol. The Morgan fingerprint density at radius 2 is 1.89 bits per heavy atom. The molecule has 1 aliphatic heterocycles. The third-order valence-electron chi connectivity index (χ3n) is 5.85. The standard InChI is InChI=1S/C25H29Cl2FN6O/c1-3-35-23-15-17(34-13-11-33(2)12-14-34)7-8-22(23)31-25-30-16-20(27)24(32-25)29-10-9-18-19(26)5-4-6-21(18)28/h4-8,15-16H,3,9-14H2,1-2H3,(H2,29,30,31,32). The first-order chi connectivity index (χ1) is 16.9. The molecule has 1 aliphatic rings. The Kier molecular flexibility index (Phi) is 8.49. The van der Waals surface area contributed by atoms with E-state index >= 15 is 0 Å². The van der Waals surface area contributed by atoms with E-state index in [4.69, 9.17) is 27.9 Å². The van der Waals surface area contributed by atoms with Gasteiger partial charge in [0.25, 0.3) is 0 Å². The molecule has 35 heavy (non-hydrogen) atoms. The van der Waals surface area contributed by atoms with Gasteiger partial charge in [0, 0.05) is 55.1 Å². The largest absolute Gasteiger partial charge is 0.492 e. The first-order valence-corrected chi connectivity index (χ1v) is 12.4. The maximum absolute atomic E-state index is 14.0. The number of hydrogen-bond donors (Lipinski definition) is 2. The van der Waals surface area contributed by atoms with E-state index < -0.39 is 0 Å². The molecule has 186 valence electrons. The van der Waals surface area contributed by atoms with Gasteiger partial charge in [-0.05, 0) is 44.7 Å². The molecule has 2 heterocycles. The molecule has 0 amide bonds. The van der Waals surface area contributed by atoms with E-state index in [9.17, 15) is 4.39 Å². The van der Waals surface area contributed by atoms with Crippen molar-refractivity contribution in [3.8, 4) is 5.75 Å². The molecule has 0 unspecified atom stereocenters. The number of rotatable bonds is 9. The summed E-state index contributed by atoms with van der Waals surface area (Å²) < 4.78 is 19.9. The number of nitrogens with one attached hydrogen (secondary N) is 2. The lowest BCUT2D eigenvalue weighted by atomic mass is 10.1. The summed E-state index contributed by atoms with van der Waals surface area (Å²) in [5.74, 6) is 1.21. The van der Waals surface area contributed by atoms with Crippen molar-refractivity contribution < 1.29 is 9.13 Å². The summed E-state index contributed by atoms with van der Waals surface area (Å²) in [4.78, 5) is 13.5. The van der Waals surface area contributed by atoms with Gasteiger partial charge in [-0.25, -0.2) is 9.37 Å². The quantitative estimate of drug-likeness (QED) is 0.389. The highest BCUT2D eigenvalue weighted by atomic mass is 35.5. The Hall–Kier alpha value is -2.81. The summed E-state index contributed by atoms with van der Waals surface area (Å²) in [6.45, 7) is 6.90. The van der Waals surface area contributed by atoms with E-state index in [2.05, 4.69) is 43.5 Å². The Labute approximate surface area is 215 Å². The number of hydrogen-bond acceptors (Lipinski definition) is 7. The van der Waals surface area contributed by atoms with Crippen LogP contribution in [0.25, 0.3) is 0 Å². The summed E-state index contributed by atoms with van der Waals surface area (Å²) in [6, 6.07) is 10.7. The lowest BCUT2D eigenvalue weighted by Gasteiger charge is -2.34. The molecule has 0 bridgehead atoms. The Bertz CT molecular complexity index is 1140. The summed E-state index contributed by atoms with van der Waals surface area (Å²) in [7, 11) is 2.14. The molecule has 0 radical (unpaired) electrons. The summed E-state index contributed by atoms with van der Waals surface area (Å²) in [5, 5.41) is 7.14. The van der Waals surface area contributed by atoms with Gasteiger partial charge in [-0.1, -0.05) is 29.3 Å². The molecule has 1 aromatic heterocycles. The molecule has 2 N–H and O–H groups in total. The number of piperazine rings is 1. The molecule has 0 aliphatic carbocycles. The molecule has 1 fully saturated rings. The maximum Gasteiger partial charge on any atom is 0.229 e. The maximum atomic E-state index is 14.0.